The van der Waals surface area contributed by atoms with E-state index in [-0.39, 0.29) is 18.4 Å². The molecule has 0 aromatic heterocycles. The summed E-state index contributed by atoms with van der Waals surface area (Å²) < 4.78 is 10.8. The Bertz CT molecular complexity index is 416. The molecule has 1 rings (SSSR count). The smallest absolute Gasteiger partial charge is 0.179 e. The summed E-state index contributed by atoms with van der Waals surface area (Å²) in [4.78, 5) is 0. The van der Waals surface area contributed by atoms with Crippen molar-refractivity contribution in [2.24, 2.45) is 0 Å². The van der Waals surface area contributed by atoms with Gasteiger partial charge in [0.05, 0.1) is 19.2 Å². The van der Waals surface area contributed by atoms with Crippen LogP contribution in [0.2, 0.25) is 5.02 Å². The molecule has 0 heterocycles. The van der Waals surface area contributed by atoms with Gasteiger partial charge in [-0.05, 0) is 17.5 Å². The van der Waals surface area contributed by atoms with Crippen molar-refractivity contribution in [1.82, 2.24) is 0 Å². The second kappa shape index (κ2) is 6.30. The molecule has 1 unspecified atom stereocenters. The topological polar surface area (TPSA) is 38.7 Å². The summed E-state index contributed by atoms with van der Waals surface area (Å²) in [7, 11) is 3.18. The molecule has 0 radical (unpaired) electrons. The maximum atomic E-state index is 9.36. The predicted molar refractivity (Wildman–Crippen MR) is 74.1 cm³/mol. The highest BCUT2D eigenvalue weighted by Crippen LogP contribution is 2.45. The first-order chi connectivity index (χ1) is 8.47. The number of hydrogen-bond acceptors (Lipinski definition) is 3. The monoisotopic (exact) mass is 272 g/mol. The molecule has 0 spiro atoms. The fourth-order valence-electron chi connectivity index (χ4n) is 2.14. The first-order valence-corrected chi connectivity index (χ1v) is 6.40. The Morgan fingerprint density at radius 1 is 1.17 bits per heavy atom. The van der Waals surface area contributed by atoms with Crippen LogP contribution in [0.3, 0.4) is 0 Å². The number of rotatable bonds is 5. The van der Waals surface area contributed by atoms with Gasteiger partial charge < -0.3 is 14.6 Å². The molecule has 1 aromatic rings. The third-order valence-corrected chi connectivity index (χ3v) is 3.33. The second-order valence-electron chi connectivity index (χ2n) is 4.67. The maximum absolute atomic E-state index is 9.36. The molecule has 1 atom stereocenters. The summed E-state index contributed by atoms with van der Waals surface area (Å²) >= 11 is 6.20. The van der Waals surface area contributed by atoms with Gasteiger partial charge in [0.15, 0.2) is 11.5 Å². The van der Waals surface area contributed by atoms with E-state index in [0.29, 0.717) is 16.5 Å². The predicted octanol–water partition coefficient (Wildman–Crippen LogP) is 3.58. The zero-order valence-electron chi connectivity index (χ0n) is 11.6. The Morgan fingerprint density at radius 3 is 2.11 bits per heavy atom. The van der Waals surface area contributed by atoms with Gasteiger partial charge in [-0.15, -0.1) is 0 Å². The van der Waals surface area contributed by atoms with Crippen LogP contribution >= 0.6 is 11.6 Å². The minimum Gasteiger partial charge on any atom is -0.492 e. The molecule has 0 amide bonds. The van der Waals surface area contributed by atoms with E-state index < -0.39 is 0 Å². The molecule has 0 saturated carbocycles. The third-order valence-electron chi connectivity index (χ3n) is 3.05. The Hall–Kier alpha value is -0.930. The maximum Gasteiger partial charge on any atom is 0.179 e. The zero-order chi connectivity index (χ0) is 13.9. The van der Waals surface area contributed by atoms with Crippen molar-refractivity contribution in [3.8, 4) is 11.5 Å². The summed E-state index contributed by atoms with van der Waals surface area (Å²) in [6.07, 6.45) is 0. The lowest BCUT2D eigenvalue weighted by molar-refractivity contribution is 0.271. The van der Waals surface area contributed by atoms with Crippen LogP contribution < -0.4 is 9.47 Å². The number of aliphatic hydroxyl groups is 1. The normalized spacial score (nSPS) is 12.7. The van der Waals surface area contributed by atoms with Crippen LogP contribution in [-0.2, 0) is 0 Å². The highest BCUT2D eigenvalue weighted by molar-refractivity contribution is 6.32. The number of halogens is 1. The Morgan fingerprint density at radius 2 is 1.72 bits per heavy atom. The number of benzene rings is 1. The van der Waals surface area contributed by atoms with E-state index in [1.165, 1.54) is 0 Å². The van der Waals surface area contributed by atoms with E-state index in [2.05, 4.69) is 13.8 Å². The van der Waals surface area contributed by atoms with Crippen LogP contribution in [0, 0.1) is 0 Å². The minimum absolute atomic E-state index is 0.0136. The second-order valence-corrected chi connectivity index (χ2v) is 5.07. The molecule has 3 nitrogen and oxygen atoms in total. The van der Waals surface area contributed by atoms with E-state index in [0.717, 1.165) is 11.1 Å². The molecule has 0 bridgehead atoms. The molecular formula is C14H21ClO3. The SMILES string of the molecule is COc1c(Cl)cc(C(C)CO)c(C(C)C)c1OC. The van der Waals surface area contributed by atoms with Crippen LogP contribution in [0.5, 0.6) is 11.5 Å². The van der Waals surface area contributed by atoms with E-state index in [1.54, 1.807) is 14.2 Å². The van der Waals surface area contributed by atoms with E-state index in [1.807, 2.05) is 13.0 Å². The van der Waals surface area contributed by atoms with Gasteiger partial charge in [0, 0.05) is 18.1 Å². The first-order valence-electron chi connectivity index (χ1n) is 6.02. The van der Waals surface area contributed by atoms with Crippen LogP contribution in [0.15, 0.2) is 6.07 Å². The Kier molecular flexibility index (Phi) is 5.29. The van der Waals surface area contributed by atoms with Gasteiger partial charge in [-0.2, -0.15) is 0 Å². The zero-order valence-corrected chi connectivity index (χ0v) is 12.3. The van der Waals surface area contributed by atoms with Crippen LogP contribution in [0.4, 0.5) is 0 Å². The van der Waals surface area contributed by atoms with Crippen molar-refractivity contribution < 1.29 is 14.6 Å². The summed E-state index contributed by atoms with van der Waals surface area (Å²) in [6.45, 7) is 6.20. The molecule has 1 aromatic carbocycles. The fourth-order valence-corrected chi connectivity index (χ4v) is 2.42. The number of methoxy groups -OCH3 is 2. The largest absolute Gasteiger partial charge is 0.492 e. The van der Waals surface area contributed by atoms with E-state index in [9.17, 15) is 5.11 Å². The highest BCUT2D eigenvalue weighted by atomic mass is 35.5. The van der Waals surface area contributed by atoms with Crippen molar-refractivity contribution in [2.45, 2.75) is 32.6 Å². The molecule has 0 saturated heterocycles. The van der Waals surface area contributed by atoms with Crippen molar-refractivity contribution in [3.05, 3.63) is 22.2 Å². The average molecular weight is 273 g/mol. The lowest BCUT2D eigenvalue weighted by Gasteiger charge is -2.23. The van der Waals surface area contributed by atoms with Crippen LogP contribution in [0.1, 0.15) is 43.7 Å². The van der Waals surface area contributed by atoms with Gasteiger partial charge in [0.25, 0.3) is 0 Å². The Labute approximate surface area is 114 Å². The van der Waals surface area contributed by atoms with Crippen molar-refractivity contribution >= 4 is 11.6 Å². The molecular weight excluding hydrogens is 252 g/mol. The van der Waals surface area contributed by atoms with Crippen molar-refractivity contribution in [1.29, 1.82) is 0 Å². The van der Waals surface area contributed by atoms with Gasteiger partial charge >= 0.3 is 0 Å². The van der Waals surface area contributed by atoms with Crippen molar-refractivity contribution in [3.63, 3.8) is 0 Å². The molecule has 18 heavy (non-hydrogen) atoms. The van der Waals surface area contributed by atoms with Crippen molar-refractivity contribution in [2.75, 3.05) is 20.8 Å². The van der Waals surface area contributed by atoms with Crippen LogP contribution in [-0.4, -0.2) is 25.9 Å². The summed E-state index contributed by atoms with van der Waals surface area (Å²) in [5, 5.41) is 9.87. The van der Waals surface area contributed by atoms with Gasteiger partial charge in [-0.1, -0.05) is 32.4 Å². The lowest BCUT2D eigenvalue weighted by atomic mass is 9.89. The molecule has 0 fully saturated rings. The standard InChI is InChI=1S/C14H21ClO3/c1-8(2)12-10(9(3)7-16)6-11(15)13(17-4)14(12)18-5/h6,8-9,16H,7H2,1-5H3. The van der Waals surface area contributed by atoms with E-state index in [4.69, 9.17) is 21.1 Å². The van der Waals surface area contributed by atoms with E-state index >= 15 is 0 Å². The molecule has 1 N–H and O–H groups in total. The summed E-state index contributed by atoms with van der Waals surface area (Å²) in [5.74, 6) is 1.49. The number of hydrogen-bond donors (Lipinski definition) is 1. The third kappa shape index (κ3) is 2.73. The molecule has 0 aliphatic carbocycles. The first kappa shape index (κ1) is 15.1. The average Bonchev–Trinajstić information content (AvgIpc) is 2.35. The summed E-state index contributed by atoms with van der Waals surface area (Å²) in [5.41, 5.74) is 2.05. The summed E-state index contributed by atoms with van der Waals surface area (Å²) in [6, 6.07) is 1.86. The minimum atomic E-state index is 0.0136. The molecule has 0 aliphatic rings. The van der Waals surface area contributed by atoms with Gasteiger partial charge in [-0.25, -0.2) is 0 Å². The van der Waals surface area contributed by atoms with Gasteiger partial charge in [-0.3, -0.25) is 0 Å². The van der Waals surface area contributed by atoms with Gasteiger partial charge in [0.2, 0.25) is 0 Å². The van der Waals surface area contributed by atoms with Crippen LogP contribution in [0.25, 0.3) is 0 Å². The fraction of sp³-hybridized carbons (Fsp3) is 0.571. The molecule has 102 valence electrons. The Balaban J connectivity index is 3.57. The quantitative estimate of drug-likeness (QED) is 0.890. The highest BCUT2D eigenvalue weighted by Gasteiger charge is 2.23. The van der Waals surface area contributed by atoms with Gasteiger partial charge in [0.1, 0.15) is 0 Å². The lowest BCUT2D eigenvalue weighted by Crippen LogP contribution is -2.08. The molecule has 0 aliphatic heterocycles. The number of aliphatic hydroxyl groups excluding tert-OH is 1. The number of ether oxygens (including phenoxy) is 2. The molecule has 4 heteroatoms.